The van der Waals surface area contributed by atoms with Crippen LogP contribution in [-0.4, -0.2) is 43.6 Å². The maximum atomic E-state index is 11.9. The Balaban J connectivity index is 1.45. The van der Waals surface area contributed by atoms with Crippen molar-refractivity contribution < 1.29 is 17.9 Å². The fraction of sp³-hybridized carbons (Fsp3) is 0.524. The predicted molar refractivity (Wildman–Crippen MR) is 117 cm³/mol. The maximum absolute atomic E-state index is 11.9. The van der Waals surface area contributed by atoms with Crippen molar-refractivity contribution in [2.45, 2.75) is 50.8 Å². The number of ether oxygens (including phenoxy) is 2. The lowest BCUT2D eigenvalue weighted by Crippen LogP contribution is -2.37. The predicted octanol–water partition coefficient (Wildman–Crippen LogP) is 3.58. The molecule has 8 nitrogen and oxygen atoms in total. The van der Waals surface area contributed by atoms with Crippen LogP contribution in [0.2, 0.25) is 0 Å². The molecule has 0 aliphatic heterocycles. The van der Waals surface area contributed by atoms with Crippen LogP contribution in [0.4, 0.5) is 5.82 Å². The fourth-order valence-electron chi connectivity index (χ4n) is 3.36. The molecule has 1 fully saturated rings. The molecule has 30 heavy (non-hydrogen) atoms. The lowest BCUT2D eigenvalue weighted by Gasteiger charge is -2.29. The van der Waals surface area contributed by atoms with E-state index in [0.717, 1.165) is 25.7 Å². The van der Waals surface area contributed by atoms with Crippen molar-refractivity contribution in [3.63, 3.8) is 0 Å². The molecule has 0 bridgehead atoms. The summed E-state index contributed by atoms with van der Waals surface area (Å²) in [6.07, 6.45) is 3.89. The van der Waals surface area contributed by atoms with E-state index in [9.17, 15) is 8.42 Å². The zero-order chi connectivity index (χ0) is 21.6. The van der Waals surface area contributed by atoms with Crippen molar-refractivity contribution in [1.29, 1.82) is 0 Å². The Hall–Kier alpha value is -2.39. The average Bonchev–Trinajstić information content (AvgIpc) is 2.75. The number of methoxy groups -OCH3 is 1. The molecule has 0 saturated heterocycles. The molecule has 1 aliphatic rings. The first-order valence-electron chi connectivity index (χ1n) is 10.3. The summed E-state index contributed by atoms with van der Waals surface area (Å²) in [5.41, 5.74) is 0. The van der Waals surface area contributed by atoms with Gasteiger partial charge >= 0.3 is 0 Å². The third-order valence-corrected chi connectivity index (χ3v) is 7.11. The molecule has 1 aliphatic carbocycles. The highest BCUT2D eigenvalue weighted by atomic mass is 32.2. The second-order valence-corrected chi connectivity index (χ2v) is 10.2. The number of aromatic nitrogens is 2. The molecule has 0 atom stereocenters. The summed E-state index contributed by atoms with van der Waals surface area (Å²) in [6.45, 7) is 3.90. The van der Waals surface area contributed by atoms with Gasteiger partial charge in [-0.15, -0.1) is 10.2 Å². The number of benzene rings is 1. The lowest BCUT2D eigenvalue weighted by atomic mass is 9.86. The van der Waals surface area contributed by atoms with E-state index in [1.54, 1.807) is 33.1 Å². The zero-order valence-electron chi connectivity index (χ0n) is 17.7. The smallest absolute Gasteiger partial charge is 0.238 e. The van der Waals surface area contributed by atoms with Gasteiger partial charge in [0, 0.05) is 24.7 Å². The normalized spacial score (nSPS) is 19.5. The highest BCUT2D eigenvalue weighted by Crippen LogP contribution is 2.27. The molecule has 3 rings (SSSR count). The minimum Gasteiger partial charge on any atom is -0.497 e. The van der Waals surface area contributed by atoms with Crippen LogP contribution in [0, 0.1) is 5.92 Å². The van der Waals surface area contributed by atoms with Crippen LogP contribution >= 0.6 is 0 Å². The van der Waals surface area contributed by atoms with Crippen molar-refractivity contribution in [3.05, 3.63) is 36.4 Å². The lowest BCUT2D eigenvalue weighted by molar-refractivity contribution is 0.336. The van der Waals surface area contributed by atoms with Gasteiger partial charge in [-0.05, 0) is 63.6 Å². The van der Waals surface area contributed by atoms with Gasteiger partial charge in [-0.2, -0.15) is 0 Å². The highest BCUT2D eigenvalue weighted by Gasteiger charge is 2.24. The van der Waals surface area contributed by atoms with E-state index < -0.39 is 15.3 Å². The Morgan fingerprint density at radius 1 is 1.07 bits per heavy atom. The van der Waals surface area contributed by atoms with Crippen LogP contribution in [0.1, 0.15) is 39.5 Å². The third-order valence-electron chi connectivity index (χ3n) is 5.30. The van der Waals surface area contributed by atoms with Crippen LogP contribution < -0.4 is 19.5 Å². The molecule has 2 aromatic rings. The van der Waals surface area contributed by atoms with Crippen LogP contribution in [0.3, 0.4) is 0 Å². The van der Waals surface area contributed by atoms with Gasteiger partial charge in [0.15, 0.2) is 0 Å². The van der Waals surface area contributed by atoms with E-state index in [0.29, 0.717) is 41.7 Å². The zero-order valence-corrected chi connectivity index (χ0v) is 18.5. The van der Waals surface area contributed by atoms with Crippen LogP contribution in [0.5, 0.6) is 17.4 Å². The monoisotopic (exact) mass is 434 g/mol. The first-order chi connectivity index (χ1) is 14.4. The summed E-state index contributed by atoms with van der Waals surface area (Å²) < 4.78 is 37.4. The van der Waals surface area contributed by atoms with E-state index in [2.05, 4.69) is 20.2 Å². The van der Waals surface area contributed by atoms with Gasteiger partial charge in [0.1, 0.15) is 17.3 Å². The van der Waals surface area contributed by atoms with E-state index >= 15 is 0 Å². The maximum Gasteiger partial charge on any atom is 0.238 e. The topological polar surface area (TPSA) is 102 Å². The molecule has 0 amide bonds. The molecule has 2 N–H and O–H groups in total. The fourth-order valence-corrected chi connectivity index (χ4v) is 4.16. The molecule has 1 heterocycles. The van der Waals surface area contributed by atoms with Crippen molar-refractivity contribution >= 4 is 15.8 Å². The molecule has 1 saturated carbocycles. The molecule has 1 aromatic carbocycles. The Labute approximate surface area is 178 Å². The summed E-state index contributed by atoms with van der Waals surface area (Å²) in [5, 5.41) is 11.4. The van der Waals surface area contributed by atoms with Crippen LogP contribution in [0.15, 0.2) is 36.4 Å². The first-order valence-corrected chi connectivity index (χ1v) is 11.8. The summed E-state index contributed by atoms with van der Waals surface area (Å²) in [4.78, 5) is 0. The number of hydrogen-bond acceptors (Lipinski definition) is 7. The van der Waals surface area contributed by atoms with Crippen molar-refractivity contribution in [1.82, 2.24) is 14.9 Å². The standard InChI is InChI=1S/C21H30N4O4S/c1-15(2)30(26,27)22-14-16-7-9-17(10-8-16)23-20-11-12-21(25-24-20)29-19-6-4-5-18(13-19)28-3/h4-6,11-13,15-17,22H,7-10,14H2,1-3H3,(H,23,24). The van der Waals surface area contributed by atoms with Gasteiger partial charge in [-0.1, -0.05) is 6.07 Å². The van der Waals surface area contributed by atoms with Gasteiger partial charge < -0.3 is 14.8 Å². The largest absolute Gasteiger partial charge is 0.497 e. The molecular formula is C21H30N4O4S. The number of rotatable bonds is 9. The second-order valence-electron chi connectivity index (χ2n) is 7.84. The highest BCUT2D eigenvalue weighted by molar-refractivity contribution is 7.90. The van der Waals surface area contributed by atoms with E-state index in [4.69, 9.17) is 9.47 Å². The third kappa shape index (κ3) is 6.30. The summed E-state index contributed by atoms with van der Waals surface area (Å²) in [5.74, 6) is 2.84. The van der Waals surface area contributed by atoms with Gasteiger partial charge in [-0.3, -0.25) is 0 Å². The summed E-state index contributed by atoms with van der Waals surface area (Å²) in [7, 11) is -1.59. The molecule has 1 aromatic heterocycles. The molecule has 0 radical (unpaired) electrons. The number of anilines is 1. The number of hydrogen-bond donors (Lipinski definition) is 2. The van der Waals surface area contributed by atoms with Gasteiger partial charge in [-0.25, -0.2) is 13.1 Å². The Bertz CT molecular complexity index is 911. The van der Waals surface area contributed by atoms with Crippen LogP contribution in [0.25, 0.3) is 0 Å². The quantitative estimate of drug-likeness (QED) is 0.622. The van der Waals surface area contributed by atoms with Gasteiger partial charge in [0.05, 0.1) is 12.4 Å². The van der Waals surface area contributed by atoms with E-state index in [-0.39, 0.29) is 0 Å². The first kappa shape index (κ1) is 22.3. The molecule has 0 unspecified atom stereocenters. The number of nitrogens with one attached hydrogen (secondary N) is 2. The molecule has 164 valence electrons. The Kier molecular flexibility index (Phi) is 7.49. The minimum absolute atomic E-state index is 0.308. The Morgan fingerprint density at radius 3 is 2.43 bits per heavy atom. The van der Waals surface area contributed by atoms with Gasteiger partial charge in [0.2, 0.25) is 15.9 Å². The van der Waals surface area contributed by atoms with Crippen molar-refractivity contribution in [2.75, 3.05) is 19.0 Å². The average molecular weight is 435 g/mol. The number of nitrogens with zero attached hydrogens (tertiary/aromatic N) is 2. The summed E-state index contributed by atoms with van der Waals surface area (Å²) in [6, 6.07) is 11.2. The summed E-state index contributed by atoms with van der Waals surface area (Å²) >= 11 is 0. The second kappa shape index (κ2) is 10.1. The molecule has 9 heteroatoms. The molecule has 0 spiro atoms. The number of sulfonamides is 1. The SMILES string of the molecule is COc1cccc(Oc2ccc(NC3CCC(CNS(=O)(=O)C(C)C)CC3)nn2)c1. The Morgan fingerprint density at radius 2 is 1.80 bits per heavy atom. The molecular weight excluding hydrogens is 404 g/mol. The van der Waals surface area contributed by atoms with Crippen LogP contribution in [-0.2, 0) is 10.0 Å². The van der Waals surface area contributed by atoms with Crippen molar-refractivity contribution in [2.24, 2.45) is 5.92 Å². The van der Waals surface area contributed by atoms with Gasteiger partial charge in [0.25, 0.3) is 0 Å². The minimum atomic E-state index is -3.19. The van der Waals surface area contributed by atoms with E-state index in [1.165, 1.54) is 0 Å². The van der Waals surface area contributed by atoms with E-state index in [1.807, 2.05) is 24.3 Å². The van der Waals surface area contributed by atoms with Crippen molar-refractivity contribution in [3.8, 4) is 17.4 Å².